The zero-order chi connectivity index (χ0) is 49.2. The van der Waals surface area contributed by atoms with Crippen LogP contribution in [0.5, 0.6) is 0 Å². The minimum absolute atomic E-state index is 1.02. The molecular formula is C46H49B21O. The van der Waals surface area contributed by atoms with E-state index in [0.29, 0.717) is 0 Å². The predicted octanol–water partition coefficient (Wildman–Crippen LogP) is -23.4. The predicted molar refractivity (Wildman–Crippen MR) is 372 cm³/mol. The van der Waals surface area contributed by atoms with E-state index in [4.69, 9.17) is 4.42 Å². The first-order valence-electron chi connectivity index (χ1n) is 25.0. The van der Waals surface area contributed by atoms with Crippen LogP contribution in [0.25, 0.3) is 98.4 Å². The molecule has 22 heteroatoms. The fourth-order valence-electron chi connectivity index (χ4n) is 13.3. The molecule has 1 aromatic heterocycles. The number of benzene rings is 9. The number of furan rings is 1. The molecular weight excluding hydrogens is 796 g/mol. The summed E-state index contributed by atoms with van der Waals surface area (Å²) < 4.78 is 7.26. The topological polar surface area (TPSA) is 13.1 Å². The van der Waals surface area contributed by atoms with Gasteiger partial charge in [-0.05, 0) is 81.9 Å². The summed E-state index contributed by atoms with van der Waals surface area (Å²) in [4.78, 5) is 0. The normalized spacial score (nSPS) is 11.9. The van der Waals surface area contributed by atoms with Crippen LogP contribution in [0.2, 0.25) is 0 Å². The van der Waals surface area contributed by atoms with Gasteiger partial charge in [0.2, 0.25) is 0 Å². The number of hydrogen-bond donors (Lipinski definition) is 0. The lowest BCUT2D eigenvalue weighted by molar-refractivity contribution is 0.675. The van der Waals surface area contributed by atoms with Crippen LogP contribution in [0.4, 0.5) is 0 Å². The molecule has 0 bridgehead atoms. The van der Waals surface area contributed by atoms with Crippen LogP contribution in [0.15, 0.2) is 46.9 Å². The molecule has 10 rings (SSSR count). The van der Waals surface area contributed by atoms with Crippen LogP contribution in [-0.2, 0) is 0 Å². The highest BCUT2D eigenvalue weighted by molar-refractivity contribution is 6.75. The molecule has 9 aromatic carbocycles. The summed E-state index contributed by atoms with van der Waals surface area (Å²) in [5.41, 5.74) is 38.6. The van der Waals surface area contributed by atoms with Crippen molar-refractivity contribution in [2.75, 3.05) is 0 Å². The number of fused-ring (bicyclic) bond motifs is 7. The Kier molecular flexibility index (Phi) is 11.1. The molecule has 1 heterocycles. The summed E-state index contributed by atoms with van der Waals surface area (Å²) >= 11 is 0. The number of rotatable bonds is 3. The average molecular weight is 845 g/mol. The van der Waals surface area contributed by atoms with E-state index in [9.17, 15) is 0 Å². The quantitative estimate of drug-likeness (QED) is 0.128. The van der Waals surface area contributed by atoms with Gasteiger partial charge in [0.1, 0.15) is 176 Å². The summed E-state index contributed by atoms with van der Waals surface area (Å²) in [6.45, 7) is 0. The molecule has 302 valence electrons. The van der Waals surface area contributed by atoms with E-state index in [1.807, 2.05) is 0 Å². The van der Waals surface area contributed by atoms with Crippen LogP contribution in [0.1, 0.15) is 0 Å². The second kappa shape index (κ2) is 16.1. The molecule has 0 aliphatic rings. The summed E-state index contributed by atoms with van der Waals surface area (Å²) in [6.07, 6.45) is 0. The Balaban J connectivity index is 1.42. The minimum atomic E-state index is 1.02. The van der Waals surface area contributed by atoms with Gasteiger partial charge < -0.3 is 4.42 Å². The molecule has 0 radical (unpaired) electrons. The summed E-state index contributed by atoms with van der Waals surface area (Å²) in [5.74, 6) is 0. The Labute approximate surface area is 422 Å². The summed E-state index contributed by atoms with van der Waals surface area (Å²) in [6, 6.07) is 15.9. The Morgan fingerprint density at radius 2 is 0.574 bits per heavy atom. The zero-order valence-electron chi connectivity index (χ0n) is 44.9. The van der Waals surface area contributed by atoms with Gasteiger partial charge in [-0.1, -0.05) is 119 Å². The molecule has 0 atom stereocenters. The van der Waals surface area contributed by atoms with Gasteiger partial charge in [-0.15, -0.1) is 32.8 Å². The zero-order valence-corrected chi connectivity index (χ0v) is 44.9. The Morgan fingerprint density at radius 1 is 0.221 bits per heavy atom. The molecule has 0 fully saturated rings. The van der Waals surface area contributed by atoms with Crippen molar-refractivity contribution in [2.24, 2.45) is 0 Å². The fourth-order valence-corrected chi connectivity index (χ4v) is 13.3. The first-order valence-corrected chi connectivity index (χ1v) is 25.0. The molecule has 0 spiro atoms. The SMILES string of the molecule is Bc1c(B)c(-c2c(B)c(B)c(B)c3oc4c(B)c5c(B)c(B)c(B)c(B)c5c(B)c4c23)c(B)c(B)c1-c1c2c(B)c(B)c(B)c(B)c2c(-c2cccc3ccccc23)c2c(B)c(B)c(B)c(B)c12. The minimum Gasteiger partial charge on any atom is -0.457 e. The maximum Gasteiger partial charge on any atom is 0.145 e. The van der Waals surface area contributed by atoms with E-state index in [-0.39, 0.29) is 0 Å². The van der Waals surface area contributed by atoms with Gasteiger partial charge in [-0.3, -0.25) is 0 Å². The first kappa shape index (κ1) is 46.9. The largest absolute Gasteiger partial charge is 0.457 e. The van der Waals surface area contributed by atoms with Gasteiger partial charge >= 0.3 is 0 Å². The molecule has 0 aliphatic heterocycles. The Hall–Kier alpha value is -4.82. The molecule has 0 saturated heterocycles. The third-order valence-corrected chi connectivity index (χ3v) is 18.7. The first-order chi connectivity index (χ1) is 32.1. The molecule has 0 N–H and O–H groups in total. The molecule has 1 nitrogen and oxygen atoms in total. The van der Waals surface area contributed by atoms with E-state index in [0.717, 1.165) is 11.2 Å². The second-order valence-corrected chi connectivity index (χ2v) is 21.3. The molecule has 0 saturated carbocycles. The van der Waals surface area contributed by atoms with Gasteiger partial charge in [0, 0.05) is 10.8 Å². The van der Waals surface area contributed by atoms with Crippen LogP contribution < -0.4 is 115 Å². The molecule has 0 aliphatic carbocycles. The molecule has 10 aromatic rings. The van der Waals surface area contributed by atoms with Crippen molar-refractivity contribution in [1.29, 1.82) is 0 Å². The van der Waals surface area contributed by atoms with Gasteiger partial charge in [0.15, 0.2) is 0 Å². The van der Waals surface area contributed by atoms with Gasteiger partial charge in [-0.2, -0.15) is 0 Å². The Bertz CT molecular complexity index is 3930. The lowest BCUT2D eigenvalue weighted by atomic mass is 9.56. The van der Waals surface area contributed by atoms with E-state index < -0.39 is 0 Å². The van der Waals surface area contributed by atoms with E-state index in [1.54, 1.807) is 0 Å². The highest BCUT2D eigenvalue weighted by atomic mass is 16.3. The lowest BCUT2D eigenvalue weighted by Gasteiger charge is -2.31. The highest BCUT2D eigenvalue weighted by Crippen LogP contribution is 2.42. The van der Waals surface area contributed by atoms with E-state index in [1.165, 1.54) is 202 Å². The van der Waals surface area contributed by atoms with Gasteiger partial charge in [0.05, 0.1) is 0 Å². The van der Waals surface area contributed by atoms with Crippen molar-refractivity contribution in [1.82, 2.24) is 0 Å². The van der Waals surface area contributed by atoms with Crippen molar-refractivity contribution in [3.05, 3.63) is 42.5 Å². The van der Waals surface area contributed by atoms with Crippen LogP contribution in [0.3, 0.4) is 0 Å². The average Bonchev–Trinajstić information content (AvgIpc) is 3.73. The van der Waals surface area contributed by atoms with Crippen LogP contribution >= 0.6 is 0 Å². The van der Waals surface area contributed by atoms with Crippen molar-refractivity contribution in [2.45, 2.75) is 0 Å². The van der Waals surface area contributed by atoms with Crippen molar-refractivity contribution < 1.29 is 4.42 Å². The maximum atomic E-state index is 7.26. The van der Waals surface area contributed by atoms with Crippen molar-refractivity contribution in [3.63, 3.8) is 0 Å². The van der Waals surface area contributed by atoms with Crippen LogP contribution in [0, 0.1) is 0 Å². The standard InChI is InChI=1S/C46H49B21O/c47-24-21-22(35(58)42(65)41(64)34(21)57)36(59)46-23(24)18-17(29(52)43(66)44(67)45(18)68-46)20-32(55)30(53)19(31(54)33(20)56)12-15-13(25(48)37(60)39(62)27(15)50)11(10-7-3-5-8-4-1-2-6-9(8)10)14-16(12)28(51)40(63)38(61)26(14)49/h1-7H,47-67H2. The Morgan fingerprint density at radius 3 is 1.06 bits per heavy atom. The second-order valence-electron chi connectivity index (χ2n) is 21.3. The third-order valence-electron chi connectivity index (χ3n) is 18.7. The number of hydrogen-bond acceptors (Lipinski definition) is 1. The highest BCUT2D eigenvalue weighted by Gasteiger charge is 2.31. The van der Waals surface area contributed by atoms with Crippen molar-refractivity contribution in [3.8, 4) is 33.4 Å². The van der Waals surface area contributed by atoms with Gasteiger partial charge in [-0.25, -0.2) is 0 Å². The molecule has 0 amide bonds. The van der Waals surface area contributed by atoms with E-state index >= 15 is 0 Å². The van der Waals surface area contributed by atoms with Gasteiger partial charge in [0.25, 0.3) is 0 Å². The maximum absolute atomic E-state index is 7.26. The van der Waals surface area contributed by atoms with E-state index in [2.05, 4.69) is 207 Å². The van der Waals surface area contributed by atoms with Crippen molar-refractivity contribution >= 4 is 345 Å². The molecule has 68 heavy (non-hydrogen) atoms. The molecule has 0 unspecified atom stereocenters. The lowest BCUT2D eigenvalue weighted by Crippen LogP contribution is -2.51. The monoisotopic (exact) mass is 849 g/mol. The van der Waals surface area contributed by atoms with Crippen LogP contribution in [-0.4, -0.2) is 165 Å². The summed E-state index contributed by atoms with van der Waals surface area (Å²) in [7, 11) is 49.4. The fraction of sp³-hybridized carbons (Fsp3) is 0. The smallest absolute Gasteiger partial charge is 0.145 e. The third kappa shape index (κ3) is 6.00. The summed E-state index contributed by atoms with van der Waals surface area (Å²) in [5, 5.41) is 13.4.